The number of rotatable bonds is 20. The van der Waals surface area contributed by atoms with Crippen LogP contribution in [0.15, 0.2) is 23.3 Å². The van der Waals surface area contributed by atoms with Gasteiger partial charge >= 0.3 is 11.9 Å². The summed E-state index contributed by atoms with van der Waals surface area (Å²) < 4.78 is 44.6. The standard InChI is InChI=1S/C29H43N3O11/c1-19-20(2)29(43-27(18-40-21(3)33)28(19)41-22(4)34)42-25-9-8-23(17-26(25)36-5)24(35)7-6-11-37-13-15-39-16-14-38-12-10-31-32-30/h8-9,17,19-20,27-29H,6-7,10-16,18H2,1-5H3/t19-,20-,27-,28-,29?/m1/s1. The zero-order valence-corrected chi connectivity index (χ0v) is 25.5. The van der Waals surface area contributed by atoms with Crippen molar-refractivity contribution in [2.24, 2.45) is 17.0 Å². The van der Waals surface area contributed by atoms with Crippen molar-refractivity contribution in [1.29, 1.82) is 0 Å². The molecule has 1 unspecified atom stereocenters. The van der Waals surface area contributed by atoms with Gasteiger partial charge in [-0.15, -0.1) is 0 Å². The molecular formula is C29H43N3O11. The lowest BCUT2D eigenvalue weighted by molar-refractivity contribution is -0.248. The van der Waals surface area contributed by atoms with E-state index in [2.05, 4.69) is 10.0 Å². The van der Waals surface area contributed by atoms with Gasteiger partial charge in [-0.3, -0.25) is 14.4 Å². The average molecular weight is 610 g/mol. The van der Waals surface area contributed by atoms with E-state index in [0.717, 1.165) is 0 Å². The fraction of sp³-hybridized carbons (Fsp3) is 0.690. The number of benzene rings is 1. The van der Waals surface area contributed by atoms with Gasteiger partial charge in [-0.1, -0.05) is 19.0 Å². The molecule has 0 spiro atoms. The lowest BCUT2D eigenvalue weighted by Crippen LogP contribution is -2.54. The number of azide groups is 1. The van der Waals surface area contributed by atoms with E-state index in [-0.39, 0.29) is 30.8 Å². The Hall–Kier alpha value is -3.42. The lowest BCUT2D eigenvalue weighted by Gasteiger charge is -2.43. The first-order chi connectivity index (χ1) is 20.7. The second-order valence-electron chi connectivity index (χ2n) is 9.94. The Morgan fingerprint density at radius 2 is 1.60 bits per heavy atom. The fourth-order valence-electron chi connectivity index (χ4n) is 4.34. The maximum absolute atomic E-state index is 12.8. The number of hydrogen-bond acceptors (Lipinski definition) is 12. The molecule has 14 nitrogen and oxygen atoms in total. The van der Waals surface area contributed by atoms with Crippen molar-refractivity contribution < 1.29 is 52.3 Å². The predicted molar refractivity (Wildman–Crippen MR) is 153 cm³/mol. The molecule has 0 saturated carbocycles. The molecule has 0 aliphatic carbocycles. The highest BCUT2D eigenvalue weighted by Crippen LogP contribution is 2.37. The molecule has 0 radical (unpaired) electrons. The summed E-state index contributed by atoms with van der Waals surface area (Å²) in [6, 6.07) is 4.94. The molecule has 1 saturated heterocycles. The van der Waals surface area contributed by atoms with Gasteiger partial charge in [-0.05, 0) is 30.2 Å². The molecule has 1 fully saturated rings. The van der Waals surface area contributed by atoms with Crippen LogP contribution in [0.25, 0.3) is 10.4 Å². The molecule has 1 aromatic rings. The van der Waals surface area contributed by atoms with Crippen LogP contribution in [-0.4, -0.2) is 96.1 Å². The van der Waals surface area contributed by atoms with Crippen LogP contribution in [-0.2, 0) is 38.0 Å². The molecule has 5 atom stereocenters. The van der Waals surface area contributed by atoms with Gasteiger partial charge in [-0.25, -0.2) is 0 Å². The van der Waals surface area contributed by atoms with Crippen molar-refractivity contribution >= 4 is 17.7 Å². The number of esters is 2. The zero-order chi connectivity index (χ0) is 31.6. The van der Waals surface area contributed by atoms with Crippen molar-refractivity contribution in [3.05, 3.63) is 34.2 Å². The summed E-state index contributed by atoms with van der Waals surface area (Å²) in [6.07, 6.45) is -1.26. The van der Waals surface area contributed by atoms with Crippen LogP contribution in [0, 0.1) is 11.8 Å². The van der Waals surface area contributed by atoms with E-state index in [1.165, 1.54) is 21.0 Å². The quantitative estimate of drug-likeness (QED) is 0.0524. The molecule has 1 aliphatic heterocycles. The Balaban J connectivity index is 1.83. The highest BCUT2D eigenvalue weighted by molar-refractivity contribution is 5.96. The number of carbonyl (C=O) groups excluding carboxylic acids is 3. The SMILES string of the molecule is COc1cc(C(=O)CCCOCCOCCOCCN=[N+]=[N-])ccc1OC1O[C@H](COC(C)=O)[C@H](OC(C)=O)[C@H](C)[C@H]1C. The summed E-state index contributed by atoms with van der Waals surface area (Å²) in [4.78, 5) is 38.5. The third-order valence-electron chi connectivity index (χ3n) is 6.77. The van der Waals surface area contributed by atoms with Crippen molar-refractivity contribution in [2.45, 2.75) is 59.0 Å². The van der Waals surface area contributed by atoms with Crippen LogP contribution >= 0.6 is 0 Å². The van der Waals surface area contributed by atoms with Crippen molar-refractivity contribution in [2.75, 3.05) is 59.9 Å². The van der Waals surface area contributed by atoms with E-state index < -0.39 is 30.4 Å². The van der Waals surface area contributed by atoms with Gasteiger partial charge in [0.25, 0.3) is 0 Å². The van der Waals surface area contributed by atoms with Gasteiger partial charge in [0.1, 0.15) is 18.8 Å². The number of hydrogen-bond donors (Lipinski definition) is 0. The fourth-order valence-corrected chi connectivity index (χ4v) is 4.34. The molecule has 14 heteroatoms. The molecule has 1 aromatic carbocycles. The van der Waals surface area contributed by atoms with E-state index in [1.54, 1.807) is 18.2 Å². The van der Waals surface area contributed by atoms with Crippen LogP contribution in [0.1, 0.15) is 50.9 Å². The monoisotopic (exact) mass is 609 g/mol. The van der Waals surface area contributed by atoms with E-state index >= 15 is 0 Å². The van der Waals surface area contributed by atoms with Gasteiger partial charge in [0, 0.05) is 55.7 Å². The topological polar surface area (TPSA) is 174 Å². The van der Waals surface area contributed by atoms with E-state index in [9.17, 15) is 14.4 Å². The Morgan fingerprint density at radius 1 is 0.930 bits per heavy atom. The predicted octanol–water partition coefficient (Wildman–Crippen LogP) is 3.89. The van der Waals surface area contributed by atoms with Crippen molar-refractivity contribution in [3.63, 3.8) is 0 Å². The van der Waals surface area contributed by atoms with Gasteiger partial charge in [0.2, 0.25) is 6.29 Å². The number of Topliss-reactive ketones (excluding diaryl/α,β-unsaturated/α-hetero) is 1. The van der Waals surface area contributed by atoms with Gasteiger partial charge < -0.3 is 37.9 Å². The molecule has 0 bridgehead atoms. The molecule has 43 heavy (non-hydrogen) atoms. The molecule has 1 aliphatic rings. The van der Waals surface area contributed by atoms with Crippen LogP contribution in [0.5, 0.6) is 11.5 Å². The minimum absolute atomic E-state index is 0.0656. The third kappa shape index (κ3) is 12.8. The normalized spacial score (nSPS) is 21.4. The first kappa shape index (κ1) is 35.8. The zero-order valence-electron chi connectivity index (χ0n) is 25.5. The van der Waals surface area contributed by atoms with Gasteiger partial charge in [-0.2, -0.15) is 0 Å². The maximum Gasteiger partial charge on any atom is 0.303 e. The summed E-state index contributed by atoms with van der Waals surface area (Å²) in [5, 5.41) is 3.37. The largest absolute Gasteiger partial charge is 0.493 e. The number of ether oxygens (including phenoxy) is 8. The summed E-state index contributed by atoms with van der Waals surface area (Å²) in [5.74, 6) is -0.620. The third-order valence-corrected chi connectivity index (χ3v) is 6.77. The summed E-state index contributed by atoms with van der Waals surface area (Å²) in [7, 11) is 1.48. The summed E-state index contributed by atoms with van der Waals surface area (Å²) in [6.45, 7) is 9.02. The van der Waals surface area contributed by atoms with Crippen LogP contribution in [0.2, 0.25) is 0 Å². The summed E-state index contributed by atoms with van der Waals surface area (Å²) >= 11 is 0. The second-order valence-corrected chi connectivity index (χ2v) is 9.94. The number of ketones is 1. The molecule has 0 N–H and O–H groups in total. The molecule has 0 amide bonds. The molecule has 2 rings (SSSR count). The highest BCUT2D eigenvalue weighted by atomic mass is 16.7. The molecule has 0 aromatic heterocycles. The first-order valence-electron chi connectivity index (χ1n) is 14.3. The van der Waals surface area contributed by atoms with E-state index in [4.69, 9.17) is 43.4 Å². The smallest absolute Gasteiger partial charge is 0.303 e. The molecule has 1 heterocycles. The van der Waals surface area contributed by atoms with E-state index in [1.807, 2.05) is 13.8 Å². The Morgan fingerprint density at radius 3 is 2.23 bits per heavy atom. The summed E-state index contributed by atoms with van der Waals surface area (Å²) in [5.41, 5.74) is 8.65. The first-order valence-corrected chi connectivity index (χ1v) is 14.3. The highest BCUT2D eigenvalue weighted by Gasteiger charge is 2.45. The van der Waals surface area contributed by atoms with E-state index in [0.29, 0.717) is 69.5 Å². The minimum Gasteiger partial charge on any atom is -0.493 e. The number of methoxy groups -OCH3 is 1. The minimum atomic E-state index is -0.754. The van der Waals surface area contributed by atoms with Gasteiger partial charge in [0.05, 0.1) is 40.1 Å². The number of nitrogens with zero attached hydrogens (tertiary/aromatic N) is 3. The van der Waals surface area contributed by atoms with Gasteiger partial charge in [0.15, 0.2) is 17.3 Å². The second kappa shape index (κ2) is 19.7. The van der Waals surface area contributed by atoms with Crippen LogP contribution in [0.3, 0.4) is 0 Å². The maximum atomic E-state index is 12.8. The van der Waals surface area contributed by atoms with Crippen LogP contribution in [0.4, 0.5) is 0 Å². The van der Waals surface area contributed by atoms with Crippen LogP contribution < -0.4 is 9.47 Å². The Bertz CT molecular complexity index is 1080. The Labute approximate surface area is 251 Å². The average Bonchev–Trinajstić information content (AvgIpc) is 2.98. The molecule has 240 valence electrons. The molecular weight excluding hydrogens is 566 g/mol. The Kier molecular flexibility index (Phi) is 16.4. The number of carbonyl (C=O) groups is 3. The van der Waals surface area contributed by atoms with Crippen molar-refractivity contribution in [3.8, 4) is 11.5 Å². The van der Waals surface area contributed by atoms with Crippen molar-refractivity contribution in [1.82, 2.24) is 0 Å². The lowest BCUT2D eigenvalue weighted by atomic mass is 9.84.